The zero-order chi connectivity index (χ0) is 15.0. The summed E-state index contributed by atoms with van der Waals surface area (Å²) < 4.78 is 1.82. The third-order valence-corrected chi connectivity index (χ3v) is 3.86. The Morgan fingerprint density at radius 1 is 0.905 bits per heavy atom. The lowest BCUT2D eigenvalue weighted by atomic mass is 10.3. The summed E-state index contributed by atoms with van der Waals surface area (Å²) >= 11 is 0. The molecule has 0 aromatic carbocycles. The highest BCUT2D eigenvalue weighted by atomic mass is 15.4. The summed E-state index contributed by atoms with van der Waals surface area (Å²) in [5, 5.41) is 4.48. The molecule has 0 radical (unpaired) electrons. The summed E-state index contributed by atoms with van der Waals surface area (Å²) in [6, 6.07) is 4.10. The summed E-state index contributed by atoms with van der Waals surface area (Å²) in [4.78, 5) is 13.9. The van der Waals surface area contributed by atoms with Crippen LogP contribution in [-0.2, 0) is 0 Å². The molecule has 3 heterocycles. The van der Waals surface area contributed by atoms with Crippen molar-refractivity contribution in [2.75, 3.05) is 38.1 Å². The molecular formula is C15H22N6. The molecule has 0 N–H and O–H groups in total. The molecule has 1 aliphatic rings. The highest BCUT2D eigenvalue weighted by Gasteiger charge is 2.17. The van der Waals surface area contributed by atoms with Crippen LogP contribution in [0.2, 0.25) is 0 Å². The van der Waals surface area contributed by atoms with E-state index >= 15 is 0 Å². The predicted octanol–water partition coefficient (Wildman–Crippen LogP) is 1.34. The van der Waals surface area contributed by atoms with E-state index in [-0.39, 0.29) is 0 Å². The molecule has 0 amide bonds. The molecule has 0 bridgehead atoms. The van der Waals surface area contributed by atoms with Crippen LogP contribution >= 0.6 is 0 Å². The third kappa shape index (κ3) is 2.90. The van der Waals surface area contributed by atoms with Crippen LogP contribution in [0.4, 0.5) is 5.82 Å². The van der Waals surface area contributed by atoms with E-state index in [0.717, 1.165) is 49.1 Å². The van der Waals surface area contributed by atoms with Crippen LogP contribution in [0, 0.1) is 20.8 Å². The molecule has 2 aromatic rings. The first-order chi connectivity index (χ1) is 10.0. The monoisotopic (exact) mass is 286 g/mol. The van der Waals surface area contributed by atoms with Crippen LogP contribution < -0.4 is 4.90 Å². The van der Waals surface area contributed by atoms with Gasteiger partial charge in [-0.2, -0.15) is 10.1 Å². The first-order valence-corrected chi connectivity index (χ1v) is 7.36. The van der Waals surface area contributed by atoms with Crippen molar-refractivity contribution in [3.63, 3.8) is 0 Å². The van der Waals surface area contributed by atoms with Gasteiger partial charge in [-0.25, -0.2) is 9.67 Å². The average molecular weight is 286 g/mol. The standard InChI is InChI=1S/C15H22N6/c1-11-10-14(20-7-5-19(4)6-8-20)17-15(16-11)21-13(3)9-12(2)18-21/h9-10H,5-8H2,1-4H3. The Hall–Kier alpha value is -1.95. The molecule has 6 nitrogen and oxygen atoms in total. The third-order valence-electron chi connectivity index (χ3n) is 3.86. The largest absolute Gasteiger partial charge is 0.354 e. The molecule has 1 fully saturated rings. The molecule has 0 spiro atoms. The van der Waals surface area contributed by atoms with E-state index in [1.807, 2.05) is 31.5 Å². The van der Waals surface area contributed by atoms with Gasteiger partial charge < -0.3 is 9.80 Å². The van der Waals surface area contributed by atoms with Gasteiger partial charge in [0.15, 0.2) is 0 Å². The van der Waals surface area contributed by atoms with Gasteiger partial charge in [0, 0.05) is 43.6 Å². The van der Waals surface area contributed by atoms with Crippen molar-refractivity contribution in [2.45, 2.75) is 20.8 Å². The van der Waals surface area contributed by atoms with Crippen LogP contribution in [0.3, 0.4) is 0 Å². The van der Waals surface area contributed by atoms with Crippen molar-refractivity contribution < 1.29 is 0 Å². The van der Waals surface area contributed by atoms with Crippen molar-refractivity contribution >= 4 is 5.82 Å². The number of piperazine rings is 1. The van der Waals surface area contributed by atoms with E-state index in [1.54, 1.807) is 0 Å². The lowest BCUT2D eigenvalue weighted by Gasteiger charge is -2.33. The van der Waals surface area contributed by atoms with Gasteiger partial charge in [-0.1, -0.05) is 0 Å². The molecule has 3 rings (SSSR count). The number of nitrogens with zero attached hydrogens (tertiary/aromatic N) is 6. The van der Waals surface area contributed by atoms with E-state index < -0.39 is 0 Å². The second-order valence-electron chi connectivity index (χ2n) is 5.80. The van der Waals surface area contributed by atoms with E-state index in [0.29, 0.717) is 5.95 Å². The van der Waals surface area contributed by atoms with E-state index in [1.165, 1.54) is 0 Å². The lowest BCUT2D eigenvalue weighted by Crippen LogP contribution is -2.45. The molecular weight excluding hydrogens is 264 g/mol. The van der Waals surface area contributed by atoms with Crippen LogP contribution in [-0.4, -0.2) is 57.9 Å². The Labute approximate surface area is 125 Å². The van der Waals surface area contributed by atoms with Gasteiger partial charge >= 0.3 is 0 Å². The second kappa shape index (κ2) is 5.44. The molecule has 0 atom stereocenters. The molecule has 1 aliphatic heterocycles. The molecule has 2 aromatic heterocycles. The Bertz CT molecular complexity index is 640. The fourth-order valence-corrected chi connectivity index (χ4v) is 2.66. The number of anilines is 1. The van der Waals surface area contributed by atoms with Crippen molar-refractivity contribution in [1.82, 2.24) is 24.6 Å². The maximum absolute atomic E-state index is 4.72. The maximum atomic E-state index is 4.72. The maximum Gasteiger partial charge on any atom is 0.252 e. The quantitative estimate of drug-likeness (QED) is 0.834. The summed E-state index contributed by atoms with van der Waals surface area (Å²) in [6.45, 7) is 10.2. The number of rotatable bonds is 2. The molecule has 21 heavy (non-hydrogen) atoms. The lowest BCUT2D eigenvalue weighted by molar-refractivity contribution is 0.312. The van der Waals surface area contributed by atoms with Gasteiger partial charge in [0.2, 0.25) is 0 Å². The minimum atomic E-state index is 0.662. The number of aryl methyl sites for hydroxylation is 3. The van der Waals surface area contributed by atoms with Gasteiger partial charge in [0.05, 0.1) is 5.69 Å². The Balaban J connectivity index is 1.95. The minimum Gasteiger partial charge on any atom is -0.354 e. The normalized spacial score (nSPS) is 16.5. The average Bonchev–Trinajstić information content (AvgIpc) is 2.78. The Morgan fingerprint density at radius 2 is 1.62 bits per heavy atom. The fraction of sp³-hybridized carbons (Fsp3) is 0.533. The first kappa shape index (κ1) is 14.0. The zero-order valence-electron chi connectivity index (χ0n) is 13.2. The first-order valence-electron chi connectivity index (χ1n) is 7.36. The molecule has 1 saturated heterocycles. The second-order valence-corrected chi connectivity index (χ2v) is 5.80. The molecule has 0 saturated carbocycles. The highest BCUT2D eigenvalue weighted by Crippen LogP contribution is 2.17. The van der Waals surface area contributed by atoms with Crippen molar-refractivity contribution in [1.29, 1.82) is 0 Å². The summed E-state index contributed by atoms with van der Waals surface area (Å²) in [6.07, 6.45) is 0. The van der Waals surface area contributed by atoms with Crippen LogP contribution in [0.15, 0.2) is 12.1 Å². The van der Waals surface area contributed by atoms with Crippen molar-refractivity contribution in [3.8, 4) is 5.95 Å². The number of likely N-dealkylation sites (N-methyl/N-ethyl adjacent to an activating group) is 1. The van der Waals surface area contributed by atoms with Gasteiger partial charge in [-0.3, -0.25) is 0 Å². The van der Waals surface area contributed by atoms with E-state index in [4.69, 9.17) is 4.98 Å². The Morgan fingerprint density at radius 3 is 2.24 bits per heavy atom. The van der Waals surface area contributed by atoms with Crippen molar-refractivity contribution in [2.24, 2.45) is 0 Å². The zero-order valence-corrected chi connectivity index (χ0v) is 13.2. The van der Waals surface area contributed by atoms with Gasteiger partial charge in [0.25, 0.3) is 5.95 Å². The van der Waals surface area contributed by atoms with Crippen LogP contribution in [0.1, 0.15) is 17.1 Å². The predicted molar refractivity (Wildman–Crippen MR) is 83.1 cm³/mol. The smallest absolute Gasteiger partial charge is 0.252 e. The summed E-state index contributed by atoms with van der Waals surface area (Å²) in [7, 11) is 2.16. The van der Waals surface area contributed by atoms with Gasteiger partial charge in [-0.15, -0.1) is 0 Å². The van der Waals surface area contributed by atoms with E-state index in [9.17, 15) is 0 Å². The molecule has 0 unspecified atom stereocenters. The van der Waals surface area contributed by atoms with Gasteiger partial charge in [0.1, 0.15) is 5.82 Å². The van der Waals surface area contributed by atoms with Crippen LogP contribution in [0.5, 0.6) is 0 Å². The van der Waals surface area contributed by atoms with Crippen molar-refractivity contribution in [3.05, 3.63) is 29.2 Å². The fourth-order valence-electron chi connectivity index (χ4n) is 2.66. The van der Waals surface area contributed by atoms with E-state index in [2.05, 4.69) is 33.0 Å². The van der Waals surface area contributed by atoms with Crippen LogP contribution in [0.25, 0.3) is 5.95 Å². The minimum absolute atomic E-state index is 0.662. The number of hydrogen-bond acceptors (Lipinski definition) is 5. The topological polar surface area (TPSA) is 50.1 Å². The SMILES string of the molecule is Cc1cc(N2CCN(C)CC2)nc(-n2nc(C)cc2C)n1. The summed E-state index contributed by atoms with van der Waals surface area (Å²) in [5.74, 6) is 1.66. The molecule has 6 heteroatoms. The number of hydrogen-bond donors (Lipinski definition) is 0. The van der Waals surface area contributed by atoms with Gasteiger partial charge in [-0.05, 0) is 33.9 Å². The highest BCUT2D eigenvalue weighted by molar-refractivity contribution is 5.42. The number of aromatic nitrogens is 4. The molecule has 0 aliphatic carbocycles. The Kier molecular flexibility index (Phi) is 3.63. The summed E-state index contributed by atoms with van der Waals surface area (Å²) in [5.41, 5.74) is 3.02. The molecule has 112 valence electrons.